The second kappa shape index (κ2) is 6.30. The fraction of sp³-hybridized carbons (Fsp3) is 0.722. The van der Waals surface area contributed by atoms with Crippen LogP contribution < -0.4 is 0 Å². The molecule has 0 spiro atoms. The van der Waals surface area contributed by atoms with Crippen molar-refractivity contribution in [2.24, 2.45) is 5.92 Å². The van der Waals surface area contributed by atoms with Crippen LogP contribution in [0.5, 0.6) is 0 Å². The van der Waals surface area contributed by atoms with Crippen molar-refractivity contribution in [2.75, 3.05) is 0 Å². The summed E-state index contributed by atoms with van der Waals surface area (Å²) in [7, 11) is -0.951. The van der Waals surface area contributed by atoms with E-state index in [0.717, 1.165) is 12.1 Å². The molecule has 2 aliphatic rings. The van der Waals surface area contributed by atoms with Gasteiger partial charge in [-0.15, -0.1) is 0 Å². The van der Waals surface area contributed by atoms with Crippen molar-refractivity contribution in [1.82, 2.24) is 9.78 Å². The highest BCUT2D eigenvalue weighted by atomic mass is 19.1. The van der Waals surface area contributed by atoms with Crippen LogP contribution in [0.4, 0.5) is 4.39 Å². The van der Waals surface area contributed by atoms with Crippen LogP contribution in [0.3, 0.4) is 0 Å². The molecule has 0 N–H and O–H groups in total. The average Bonchev–Trinajstić information content (AvgIpc) is 3.20. The van der Waals surface area contributed by atoms with Crippen molar-refractivity contribution < 1.29 is 13.7 Å². The first kappa shape index (κ1) is 17.7. The van der Waals surface area contributed by atoms with Crippen molar-refractivity contribution in [1.29, 1.82) is 0 Å². The Balaban J connectivity index is 1.74. The van der Waals surface area contributed by atoms with Crippen molar-refractivity contribution in [3.05, 3.63) is 23.7 Å². The molecular weight excluding hydrogens is 306 g/mol. The Labute approximate surface area is 144 Å². The lowest BCUT2D eigenvalue weighted by Gasteiger charge is -2.32. The molecule has 1 saturated heterocycles. The van der Waals surface area contributed by atoms with Gasteiger partial charge in [0, 0.05) is 18.3 Å². The van der Waals surface area contributed by atoms with Gasteiger partial charge in [-0.05, 0) is 59.0 Å². The van der Waals surface area contributed by atoms with E-state index in [1.165, 1.54) is 25.7 Å². The van der Waals surface area contributed by atoms with Crippen LogP contribution in [-0.4, -0.2) is 28.1 Å². The standard InChI is InChI=1S/C18H28BFN2O2/c1-13(16(20)19-23-17(2,3)18(4,5)24-19)15-10-21-22(12-15)11-14-8-6-7-9-14/h10,12,14H,6-9,11H2,1-5H3. The second-order valence-corrected chi connectivity index (χ2v) is 8.16. The summed E-state index contributed by atoms with van der Waals surface area (Å²) in [5.74, 6) is 0.704. The van der Waals surface area contributed by atoms with Gasteiger partial charge in [0.1, 0.15) is 5.73 Å². The molecule has 0 aromatic carbocycles. The van der Waals surface area contributed by atoms with Crippen molar-refractivity contribution in [2.45, 2.75) is 78.0 Å². The van der Waals surface area contributed by atoms with Gasteiger partial charge in [-0.1, -0.05) is 12.8 Å². The molecule has 24 heavy (non-hydrogen) atoms. The van der Waals surface area contributed by atoms with E-state index >= 15 is 0 Å². The first-order valence-corrected chi connectivity index (χ1v) is 8.94. The molecule has 4 nitrogen and oxygen atoms in total. The zero-order chi connectivity index (χ0) is 17.5. The summed E-state index contributed by atoms with van der Waals surface area (Å²) in [6, 6.07) is 0. The SMILES string of the molecule is CC(=C(F)B1OC(C)(C)C(C)(C)O1)c1cnn(CC2CCCC2)c1. The minimum absolute atomic E-state index is 0.367. The molecule has 132 valence electrons. The predicted molar refractivity (Wildman–Crippen MR) is 94.0 cm³/mol. The van der Waals surface area contributed by atoms with E-state index in [1.54, 1.807) is 13.1 Å². The molecular formula is C18H28BFN2O2. The van der Waals surface area contributed by atoms with E-state index in [0.29, 0.717) is 11.5 Å². The van der Waals surface area contributed by atoms with Crippen molar-refractivity contribution >= 4 is 12.7 Å². The molecule has 6 heteroatoms. The molecule has 0 bridgehead atoms. The number of allylic oxidation sites excluding steroid dienone is 1. The number of aromatic nitrogens is 2. The maximum atomic E-state index is 14.9. The summed E-state index contributed by atoms with van der Waals surface area (Å²) in [4.78, 5) is 0. The Hall–Kier alpha value is -1.14. The quantitative estimate of drug-likeness (QED) is 0.766. The highest BCUT2D eigenvalue weighted by Gasteiger charge is 2.53. The third-order valence-corrected chi connectivity index (χ3v) is 5.80. The van der Waals surface area contributed by atoms with Crippen LogP contribution in [0.2, 0.25) is 0 Å². The Morgan fingerprint density at radius 1 is 1.25 bits per heavy atom. The minimum Gasteiger partial charge on any atom is -0.398 e. The van der Waals surface area contributed by atoms with Crippen LogP contribution in [0.15, 0.2) is 18.1 Å². The van der Waals surface area contributed by atoms with Gasteiger partial charge in [-0.2, -0.15) is 5.10 Å². The molecule has 1 aliphatic carbocycles. The monoisotopic (exact) mass is 334 g/mol. The van der Waals surface area contributed by atoms with Gasteiger partial charge in [-0.3, -0.25) is 4.68 Å². The molecule has 1 aromatic rings. The summed E-state index contributed by atoms with van der Waals surface area (Å²) in [6.45, 7) is 10.4. The summed E-state index contributed by atoms with van der Waals surface area (Å²) >= 11 is 0. The van der Waals surface area contributed by atoms with Gasteiger partial charge in [-0.25, -0.2) is 4.39 Å². The largest absolute Gasteiger partial charge is 0.525 e. The van der Waals surface area contributed by atoms with Crippen molar-refractivity contribution in [3.63, 3.8) is 0 Å². The third kappa shape index (κ3) is 3.31. The zero-order valence-electron chi connectivity index (χ0n) is 15.4. The first-order valence-electron chi connectivity index (χ1n) is 8.94. The summed E-state index contributed by atoms with van der Waals surface area (Å²) < 4.78 is 28.4. The highest BCUT2D eigenvalue weighted by Crippen LogP contribution is 2.40. The van der Waals surface area contributed by atoms with E-state index in [1.807, 2.05) is 38.6 Å². The number of halogens is 1. The third-order valence-electron chi connectivity index (χ3n) is 5.80. The number of hydrogen-bond acceptors (Lipinski definition) is 3. The molecule has 2 fully saturated rings. The van der Waals surface area contributed by atoms with Gasteiger partial charge in [0.25, 0.3) is 0 Å². The maximum Gasteiger partial charge on any atom is 0.525 e. The fourth-order valence-electron chi connectivity index (χ4n) is 3.38. The Morgan fingerprint density at radius 3 is 2.42 bits per heavy atom. The maximum absolute atomic E-state index is 14.9. The molecule has 1 aromatic heterocycles. The van der Waals surface area contributed by atoms with Crippen LogP contribution in [0.1, 0.15) is 65.9 Å². The molecule has 3 rings (SSSR count). The molecule has 1 saturated carbocycles. The first-order chi connectivity index (χ1) is 11.2. The Morgan fingerprint density at radius 2 is 1.83 bits per heavy atom. The molecule has 0 radical (unpaired) electrons. The summed E-state index contributed by atoms with van der Waals surface area (Å²) in [6.07, 6.45) is 8.83. The zero-order valence-corrected chi connectivity index (χ0v) is 15.4. The van der Waals surface area contributed by atoms with Gasteiger partial charge in [0.2, 0.25) is 0 Å². The van der Waals surface area contributed by atoms with E-state index in [-0.39, 0.29) is 5.73 Å². The van der Waals surface area contributed by atoms with Crippen LogP contribution in [-0.2, 0) is 15.9 Å². The molecule has 1 aliphatic heterocycles. The lowest BCUT2D eigenvalue weighted by Crippen LogP contribution is -2.41. The average molecular weight is 334 g/mol. The number of nitrogens with zero attached hydrogens (tertiary/aromatic N) is 2. The fourth-order valence-corrected chi connectivity index (χ4v) is 3.38. The highest BCUT2D eigenvalue weighted by molar-refractivity contribution is 6.55. The van der Waals surface area contributed by atoms with Gasteiger partial charge < -0.3 is 9.31 Å². The van der Waals surface area contributed by atoms with E-state index in [9.17, 15) is 4.39 Å². The topological polar surface area (TPSA) is 36.3 Å². The van der Waals surface area contributed by atoms with E-state index in [2.05, 4.69) is 5.10 Å². The smallest absolute Gasteiger partial charge is 0.398 e. The van der Waals surface area contributed by atoms with Crippen molar-refractivity contribution in [3.8, 4) is 0 Å². The van der Waals surface area contributed by atoms with Crippen LogP contribution in [0, 0.1) is 5.92 Å². The van der Waals surface area contributed by atoms with Crippen LogP contribution >= 0.6 is 0 Å². The number of hydrogen-bond donors (Lipinski definition) is 0. The van der Waals surface area contributed by atoms with Crippen LogP contribution in [0.25, 0.3) is 5.57 Å². The van der Waals surface area contributed by atoms with Gasteiger partial charge in [0.05, 0.1) is 17.4 Å². The lowest BCUT2D eigenvalue weighted by molar-refractivity contribution is 0.00578. The van der Waals surface area contributed by atoms with E-state index in [4.69, 9.17) is 9.31 Å². The molecule has 0 amide bonds. The minimum atomic E-state index is -0.951. The van der Waals surface area contributed by atoms with Gasteiger partial charge in [0.15, 0.2) is 0 Å². The molecule has 2 heterocycles. The van der Waals surface area contributed by atoms with Gasteiger partial charge >= 0.3 is 7.12 Å². The second-order valence-electron chi connectivity index (χ2n) is 8.16. The van der Waals surface area contributed by atoms with E-state index < -0.39 is 18.3 Å². The number of rotatable bonds is 4. The summed E-state index contributed by atoms with van der Waals surface area (Å²) in [5.41, 5.74) is -0.121. The predicted octanol–water partition coefficient (Wildman–Crippen LogP) is 4.41. The Bertz CT molecular complexity index is 617. The molecule has 0 unspecified atom stereocenters. The molecule has 0 atom stereocenters. The normalized spacial score (nSPS) is 24.5. The lowest BCUT2D eigenvalue weighted by atomic mass is 9.84. The summed E-state index contributed by atoms with van der Waals surface area (Å²) in [5, 5.41) is 4.40. The Kier molecular flexibility index (Phi) is 4.64.